The third-order valence-electron chi connectivity index (χ3n) is 4.17. The molecule has 1 aromatic rings. The molecule has 2 aliphatic rings. The maximum atomic E-state index is 3.57. The van der Waals surface area contributed by atoms with Crippen molar-refractivity contribution in [2.24, 2.45) is 5.41 Å². The van der Waals surface area contributed by atoms with E-state index in [0.717, 1.165) is 12.5 Å². The summed E-state index contributed by atoms with van der Waals surface area (Å²) < 4.78 is 1.21. The highest BCUT2D eigenvalue weighted by atomic mass is 79.9. The molecule has 1 aromatic carbocycles. The monoisotopic (exact) mass is 265 g/mol. The van der Waals surface area contributed by atoms with E-state index in [2.05, 4.69) is 45.5 Å². The molecule has 80 valence electrons. The smallest absolute Gasteiger partial charge is 0.0178 e. The first-order valence-corrected chi connectivity index (χ1v) is 6.56. The molecule has 0 unspecified atom stereocenters. The average molecular weight is 266 g/mol. The summed E-state index contributed by atoms with van der Waals surface area (Å²) >= 11 is 3.57. The van der Waals surface area contributed by atoms with Gasteiger partial charge in [0.15, 0.2) is 0 Å². The molecule has 1 N–H and O–H groups in total. The largest absolute Gasteiger partial charge is 0.316 e. The van der Waals surface area contributed by atoms with Gasteiger partial charge in [0.2, 0.25) is 0 Å². The van der Waals surface area contributed by atoms with E-state index >= 15 is 0 Å². The van der Waals surface area contributed by atoms with Crippen LogP contribution in [-0.4, -0.2) is 13.1 Å². The molecule has 2 heteroatoms. The van der Waals surface area contributed by atoms with Crippen LogP contribution in [0.3, 0.4) is 0 Å². The second-order valence-electron chi connectivity index (χ2n) is 4.95. The fourth-order valence-corrected chi connectivity index (χ4v) is 3.57. The van der Waals surface area contributed by atoms with E-state index in [0.29, 0.717) is 5.41 Å². The van der Waals surface area contributed by atoms with E-state index in [9.17, 15) is 0 Å². The molecule has 2 fully saturated rings. The third-order valence-corrected chi connectivity index (χ3v) is 4.66. The van der Waals surface area contributed by atoms with Crippen LogP contribution < -0.4 is 5.32 Å². The number of halogens is 1. The molecule has 1 aliphatic carbocycles. The van der Waals surface area contributed by atoms with E-state index in [-0.39, 0.29) is 0 Å². The quantitative estimate of drug-likeness (QED) is 0.822. The van der Waals surface area contributed by atoms with Gasteiger partial charge in [-0.2, -0.15) is 0 Å². The summed E-state index contributed by atoms with van der Waals surface area (Å²) in [6, 6.07) is 8.84. The van der Waals surface area contributed by atoms with Gasteiger partial charge < -0.3 is 5.32 Å². The van der Waals surface area contributed by atoms with Crippen molar-refractivity contribution in [3.8, 4) is 0 Å². The molecule has 3 rings (SSSR count). The summed E-state index contributed by atoms with van der Waals surface area (Å²) in [5, 5.41) is 3.57. The summed E-state index contributed by atoms with van der Waals surface area (Å²) in [4.78, 5) is 0. The van der Waals surface area contributed by atoms with Crippen LogP contribution in [0, 0.1) is 5.41 Å². The van der Waals surface area contributed by atoms with E-state index < -0.39 is 0 Å². The fraction of sp³-hybridized carbons (Fsp3) is 0.538. The SMILES string of the molecule is Brc1cccc([C@H]2CNCC23CCC3)c1. The molecule has 1 spiro atoms. The lowest BCUT2D eigenvalue weighted by Gasteiger charge is -2.43. The van der Waals surface area contributed by atoms with Crippen LogP contribution in [0.2, 0.25) is 0 Å². The lowest BCUT2D eigenvalue weighted by atomic mass is 9.61. The highest BCUT2D eigenvalue weighted by Gasteiger charge is 2.47. The fourth-order valence-electron chi connectivity index (χ4n) is 3.16. The predicted octanol–water partition coefficient (Wildman–Crippen LogP) is 3.31. The third kappa shape index (κ3) is 1.55. The average Bonchev–Trinajstić information content (AvgIpc) is 2.61. The number of rotatable bonds is 1. The van der Waals surface area contributed by atoms with Crippen molar-refractivity contribution in [2.75, 3.05) is 13.1 Å². The maximum absolute atomic E-state index is 3.57. The number of benzene rings is 1. The van der Waals surface area contributed by atoms with E-state index in [1.54, 1.807) is 0 Å². The minimum Gasteiger partial charge on any atom is -0.316 e. The van der Waals surface area contributed by atoms with Gasteiger partial charge in [0.05, 0.1) is 0 Å². The highest BCUT2D eigenvalue weighted by molar-refractivity contribution is 9.10. The van der Waals surface area contributed by atoms with Gasteiger partial charge in [-0.3, -0.25) is 0 Å². The van der Waals surface area contributed by atoms with Gasteiger partial charge in [0, 0.05) is 23.5 Å². The standard InChI is InChI=1S/C13H16BrN/c14-11-4-1-3-10(7-11)12-8-15-9-13(12)5-2-6-13/h1,3-4,7,12,15H,2,5-6,8-9H2/t12-/m1/s1. The Morgan fingerprint density at radius 3 is 2.87 bits per heavy atom. The maximum Gasteiger partial charge on any atom is 0.0178 e. The van der Waals surface area contributed by atoms with Crippen molar-refractivity contribution in [2.45, 2.75) is 25.2 Å². The first-order valence-electron chi connectivity index (χ1n) is 5.76. The molecule has 1 atom stereocenters. The first-order chi connectivity index (χ1) is 7.30. The topological polar surface area (TPSA) is 12.0 Å². The van der Waals surface area contributed by atoms with Crippen LogP contribution in [0.15, 0.2) is 28.7 Å². The molecular formula is C13H16BrN. The number of hydrogen-bond acceptors (Lipinski definition) is 1. The van der Waals surface area contributed by atoms with Gasteiger partial charge in [-0.1, -0.05) is 34.5 Å². The second kappa shape index (κ2) is 3.60. The van der Waals surface area contributed by atoms with Crippen LogP contribution in [0.1, 0.15) is 30.7 Å². The normalized spacial score (nSPS) is 27.9. The minimum absolute atomic E-state index is 0.598. The molecular weight excluding hydrogens is 250 g/mol. The Labute approximate surface area is 99.4 Å². The van der Waals surface area contributed by atoms with Crippen LogP contribution in [-0.2, 0) is 0 Å². The second-order valence-corrected chi connectivity index (χ2v) is 5.87. The Morgan fingerprint density at radius 2 is 2.20 bits per heavy atom. The van der Waals surface area contributed by atoms with E-state index in [1.807, 2.05) is 0 Å². The van der Waals surface area contributed by atoms with Crippen molar-refractivity contribution >= 4 is 15.9 Å². The summed E-state index contributed by atoms with van der Waals surface area (Å²) in [6.07, 6.45) is 4.25. The molecule has 1 heterocycles. The molecule has 0 radical (unpaired) electrons. The Hall–Kier alpha value is -0.340. The molecule has 0 amide bonds. The van der Waals surface area contributed by atoms with Crippen LogP contribution in [0.5, 0.6) is 0 Å². The Kier molecular flexibility index (Phi) is 2.37. The van der Waals surface area contributed by atoms with Gasteiger partial charge in [-0.05, 0) is 36.0 Å². The van der Waals surface area contributed by atoms with Crippen LogP contribution in [0.4, 0.5) is 0 Å². The van der Waals surface area contributed by atoms with E-state index in [4.69, 9.17) is 0 Å². The molecule has 0 aromatic heterocycles. The lowest BCUT2D eigenvalue weighted by Crippen LogP contribution is -2.36. The highest BCUT2D eigenvalue weighted by Crippen LogP contribution is 2.53. The molecule has 1 nitrogen and oxygen atoms in total. The molecule has 1 saturated carbocycles. The van der Waals surface area contributed by atoms with Gasteiger partial charge in [-0.15, -0.1) is 0 Å². The Morgan fingerprint density at radius 1 is 1.33 bits per heavy atom. The van der Waals surface area contributed by atoms with Gasteiger partial charge in [0.25, 0.3) is 0 Å². The Balaban J connectivity index is 1.93. The Bertz CT molecular complexity index is 371. The van der Waals surface area contributed by atoms with Crippen molar-refractivity contribution in [1.82, 2.24) is 5.32 Å². The summed E-state index contributed by atoms with van der Waals surface area (Å²) in [5.74, 6) is 0.740. The number of nitrogens with one attached hydrogen (secondary N) is 1. The lowest BCUT2D eigenvalue weighted by molar-refractivity contribution is 0.137. The zero-order valence-electron chi connectivity index (χ0n) is 8.80. The van der Waals surface area contributed by atoms with Crippen molar-refractivity contribution in [3.63, 3.8) is 0 Å². The summed E-state index contributed by atoms with van der Waals surface area (Å²) in [6.45, 7) is 2.39. The van der Waals surface area contributed by atoms with Crippen molar-refractivity contribution in [3.05, 3.63) is 34.3 Å². The van der Waals surface area contributed by atoms with E-state index in [1.165, 1.54) is 35.8 Å². The molecule has 15 heavy (non-hydrogen) atoms. The van der Waals surface area contributed by atoms with Crippen LogP contribution in [0.25, 0.3) is 0 Å². The van der Waals surface area contributed by atoms with Gasteiger partial charge in [-0.25, -0.2) is 0 Å². The van der Waals surface area contributed by atoms with Crippen LogP contribution >= 0.6 is 15.9 Å². The van der Waals surface area contributed by atoms with Crippen molar-refractivity contribution in [1.29, 1.82) is 0 Å². The van der Waals surface area contributed by atoms with Gasteiger partial charge in [0.1, 0.15) is 0 Å². The van der Waals surface area contributed by atoms with Gasteiger partial charge >= 0.3 is 0 Å². The van der Waals surface area contributed by atoms with Crippen molar-refractivity contribution < 1.29 is 0 Å². The molecule has 1 aliphatic heterocycles. The number of hydrogen-bond donors (Lipinski definition) is 1. The zero-order valence-corrected chi connectivity index (χ0v) is 10.4. The zero-order chi connectivity index (χ0) is 10.3. The molecule has 1 saturated heterocycles. The first kappa shape index (κ1) is 9.86. The summed E-state index contributed by atoms with van der Waals surface area (Å²) in [7, 11) is 0. The summed E-state index contributed by atoms with van der Waals surface area (Å²) in [5.41, 5.74) is 2.11. The predicted molar refractivity (Wildman–Crippen MR) is 66.0 cm³/mol. The minimum atomic E-state index is 0.598. The molecule has 0 bridgehead atoms.